The topological polar surface area (TPSA) is 38.1 Å². The molecule has 0 spiro atoms. The van der Waals surface area contributed by atoms with Crippen molar-refractivity contribution in [3.05, 3.63) is 34.9 Å². The Morgan fingerprint density at radius 3 is 0.970 bits per heavy atom. The predicted molar refractivity (Wildman–Crippen MR) is 143 cm³/mol. The van der Waals surface area contributed by atoms with Crippen LogP contribution in [0.4, 0.5) is 0 Å². The van der Waals surface area contributed by atoms with E-state index < -0.39 is 17.1 Å². The molecule has 0 unspecified atom stereocenters. The third kappa shape index (κ3) is 5.25. The van der Waals surface area contributed by atoms with Crippen molar-refractivity contribution in [3.63, 3.8) is 0 Å². The van der Waals surface area contributed by atoms with E-state index in [-0.39, 0.29) is 21.7 Å². The van der Waals surface area contributed by atoms with Gasteiger partial charge in [0.25, 0.3) is 0 Å². The number of aromatic nitrogens is 2. The molecule has 0 saturated carbocycles. The van der Waals surface area contributed by atoms with E-state index in [1.807, 2.05) is 0 Å². The van der Waals surface area contributed by atoms with Crippen LogP contribution in [-0.2, 0) is 38.8 Å². The van der Waals surface area contributed by atoms with Crippen LogP contribution in [0.3, 0.4) is 0 Å². The van der Waals surface area contributed by atoms with Gasteiger partial charge in [-0.1, -0.05) is 0 Å². The van der Waals surface area contributed by atoms with Crippen molar-refractivity contribution in [2.24, 2.45) is 0 Å². The fourth-order valence-electron chi connectivity index (χ4n) is 4.96. The van der Waals surface area contributed by atoms with E-state index in [1.54, 1.807) is 0 Å². The number of H-pyrrole nitrogens is 2. The summed E-state index contributed by atoms with van der Waals surface area (Å²) >= 11 is -3.25. The summed E-state index contributed by atoms with van der Waals surface area (Å²) < 4.78 is 8.20. The molecule has 2 aromatic heterocycles. The minimum atomic E-state index is -3.25. The molecule has 33 heavy (non-hydrogen) atoms. The van der Waals surface area contributed by atoms with Gasteiger partial charge in [0.15, 0.2) is 0 Å². The molecule has 5 heteroatoms. The SMILES string of the molecule is C[N](C)[Ti]([c]1cc(C(C)(C)C)[nH]c1C(C)(C)C)([c]1cc(C(C)(C)C)[nH]c1C(C)(C)C)[N](C)C. The molecular formula is C28H52N4Ti. The van der Waals surface area contributed by atoms with Crippen LogP contribution in [0.15, 0.2) is 12.1 Å². The van der Waals surface area contributed by atoms with E-state index in [1.165, 1.54) is 30.5 Å². The number of aromatic amines is 2. The molecule has 0 amide bonds. The van der Waals surface area contributed by atoms with Crippen LogP contribution >= 0.6 is 0 Å². The normalized spacial score (nSPS) is 14.6. The van der Waals surface area contributed by atoms with Gasteiger partial charge in [-0.25, -0.2) is 0 Å². The Labute approximate surface area is 208 Å². The first kappa shape index (κ1) is 28.4. The van der Waals surface area contributed by atoms with Gasteiger partial charge >= 0.3 is 209 Å². The van der Waals surface area contributed by atoms with Crippen LogP contribution in [0.5, 0.6) is 0 Å². The zero-order valence-electron chi connectivity index (χ0n) is 24.5. The quantitative estimate of drug-likeness (QED) is 0.546. The van der Waals surface area contributed by atoms with Gasteiger partial charge in [-0.2, -0.15) is 0 Å². The van der Waals surface area contributed by atoms with Crippen molar-refractivity contribution in [2.75, 3.05) is 28.2 Å². The van der Waals surface area contributed by atoms with E-state index in [4.69, 9.17) is 0 Å². The van der Waals surface area contributed by atoms with Crippen LogP contribution in [-0.4, -0.2) is 44.9 Å². The Hall–Kier alpha value is -0.806. The molecule has 0 saturated heterocycles. The van der Waals surface area contributed by atoms with Gasteiger partial charge in [0, 0.05) is 0 Å². The van der Waals surface area contributed by atoms with Crippen molar-refractivity contribution in [3.8, 4) is 0 Å². The third-order valence-corrected chi connectivity index (χ3v) is 14.4. The summed E-state index contributed by atoms with van der Waals surface area (Å²) in [4.78, 5) is 7.85. The van der Waals surface area contributed by atoms with Crippen LogP contribution in [0.1, 0.15) is 106 Å². The zero-order valence-corrected chi connectivity index (χ0v) is 26.1. The van der Waals surface area contributed by atoms with Crippen LogP contribution in [0, 0.1) is 0 Å². The summed E-state index contributed by atoms with van der Waals surface area (Å²) in [6.45, 7) is 27.9. The predicted octanol–water partition coefficient (Wildman–Crippen LogP) is 5.59. The molecule has 2 heterocycles. The second kappa shape index (κ2) is 8.69. The van der Waals surface area contributed by atoms with Gasteiger partial charge in [0.2, 0.25) is 0 Å². The van der Waals surface area contributed by atoms with E-state index in [9.17, 15) is 0 Å². The maximum absolute atomic E-state index is 3.93. The Bertz CT molecular complexity index is 883. The molecule has 0 radical (unpaired) electrons. The Morgan fingerprint density at radius 2 is 0.788 bits per heavy atom. The average Bonchev–Trinajstić information content (AvgIpc) is 3.18. The zero-order chi connectivity index (χ0) is 25.9. The molecular weight excluding hydrogens is 440 g/mol. The van der Waals surface area contributed by atoms with Crippen molar-refractivity contribution in [2.45, 2.75) is 105 Å². The van der Waals surface area contributed by atoms with Crippen molar-refractivity contribution >= 4 is 7.74 Å². The monoisotopic (exact) mass is 492 g/mol. The first-order valence-electron chi connectivity index (χ1n) is 12.4. The molecule has 2 rings (SSSR count). The fourth-order valence-corrected chi connectivity index (χ4v) is 13.2. The standard InChI is InChI=1S/2C12H20N.2C2H6N.Ti/c2*1-11(2,3)9-7-8-10(13-9)12(4,5)6;2*1-3-2;/h2*7,13H,1-6H3;2*1-2H3;/q;;2*-1;+2. The summed E-state index contributed by atoms with van der Waals surface area (Å²) in [5.41, 5.74) is 5.58. The molecule has 2 N–H and O–H groups in total. The molecule has 2 aromatic rings. The van der Waals surface area contributed by atoms with E-state index in [0.717, 1.165) is 0 Å². The first-order valence-corrected chi connectivity index (χ1v) is 15.3. The summed E-state index contributed by atoms with van der Waals surface area (Å²) in [6, 6.07) is 5.02. The summed E-state index contributed by atoms with van der Waals surface area (Å²) in [6.07, 6.45) is 0. The molecule has 188 valence electrons. The van der Waals surface area contributed by atoms with Crippen LogP contribution in [0.25, 0.3) is 0 Å². The summed E-state index contributed by atoms with van der Waals surface area (Å²) in [7, 11) is 9.19. The number of rotatable bonds is 4. The van der Waals surface area contributed by atoms with Gasteiger partial charge in [0.05, 0.1) is 0 Å². The first-order chi connectivity index (χ1) is 14.6. The molecule has 0 aliphatic carbocycles. The molecule has 0 atom stereocenters. The Balaban J connectivity index is 3.13. The molecule has 0 aliphatic rings. The molecule has 0 aromatic carbocycles. The third-order valence-electron chi connectivity index (χ3n) is 6.80. The van der Waals surface area contributed by atoms with Gasteiger partial charge in [0.1, 0.15) is 0 Å². The Kier molecular flexibility index (Phi) is 7.49. The summed E-state index contributed by atoms with van der Waals surface area (Å²) in [5.74, 6) is 0. The second-order valence-electron chi connectivity index (χ2n) is 14.4. The van der Waals surface area contributed by atoms with Crippen molar-refractivity contribution in [1.82, 2.24) is 16.7 Å². The van der Waals surface area contributed by atoms with Gasteiger partial charge in [-0.15, -0.1) is 0 Å². The van der Waals surface area contributed by atoms with Gasteiger partial charge in [-0.05, 0) is 0 Å². The number of hydrogen-bond donors (Lipinski definition) is 2. The molecule has 0 fully saturated rings. The molecule has 0 aliphatic heterocycles. The fraction of sp³-hybridized carbons (Fsp3) is 0.714. The van der Waals surface area contributed by atoms with E-state index >= 15 is 0 Å². The molecule has 0 bridgehead atoms. The van der Waals surface area contributed by atoms with E-state index in [2.05, 4.69) is 140 Å². The van der Waals surface area contributed by atoms with Crippen LogP contribution < -0.4 is 7.74 Å². The summed E-state index contributed by atoms with van der Waals surface area (Å²) in [5, 5.41) is 0. The van der Waals surface area contributed by atoms with E-state index in [0.29, 0.717) is 0 Å². The number of nitrogens with zero attached hydrogens (tertiary/aromatic N) is 2. The average molecular weight is 493 g/mol. The molecule has 4 nitrogen and oxygen atoms in total. The second-order valence-corrected chi connectivity index (χ2v) is 21.0. The van der Waals surface area contributed by atoms with Gasteiger partial charge < -0.3 is 0 Å². The van der Waals surface area contributed by atoms with Gasteiger partial charge in [-0.3, -0.25) is 0 Å². The van der Waals surface area contributed by atoms with Crippen molar-refractivity contribution < 1.29 is 17.1 Å². The number of nitrogens with one attached hydrogen (secondary N) is 2. The number of hydrogen-bond acceptors (Lipinski definition) is 2. The minimum absolute atomic E-state index is 0.0203. The van der Waals surface area contributed by atoms with Crippen LogP contribution in [0.2, 0.25) is 0 Å². The Morgan fingerprint density at radius 1 is 0.515 bits per heavy atom. The van der Waals surface area contributed by atoms with Crippen molar-refractivity contribution in [1.29, 1.82) is 0 Å². The maximum atomic E-state index is 3.93.